The topological polar surface area (TPSA) is 67.2 Å². The van der Waals surface area contributed by atoms with Gasteiger partial charge < -0.3 is 4.74 Å². The third-order valence-corrected chi connectivity index (χ3v) is 5.76. The van der Waals surface area contributed by atoms with Crippen molar-refractivity contribution in [3.63, 3.8) is 0 Å². The van der Waals surface area contributed by atoms with E-state index in [1.54, 1.807) is 30.3 Å². The van der Waals surface area contributed by atoms with Crippen LogP contribution in [0.4, 0.5) is 0 Å². The van der Waals surface area contributed by atoms with Crippen LogP contribution in [0.25, 0.3) is 6.08 Å². The first-order chi connectivity index (χ1) is 9.98. The summed E-state index contributed by atoms with van der Waals surface area (Å²) in [6, 6.07) is 11.1. The summed E-state index contributed by atoms with van der Waals surface area (Å²) in [5, 5.41) is 9.89. The lowest BCUT2D eigenvalue weighted by molar-refractivity contribution is 0.427. The third kappa shape index (κ3) is 3.27. The lowest BCUT2D eigenvalue weighted by atomic mass is 10.4. The van der Waals surface area contributed by atoms with Gasteiger partial charge in [0.1, 0.15) is 6.07 Å². The summed E-state index contributed by atoms with van der Waals surface area (Å²) >= 11 is 7.15. The number of benzene rings is 1. The van der Waals surface area contributed by atoms with E-state index in [1.807, 2.05) is 0 Å². The molecule has 1 heterocycles. The fraction of sp³-hybridized carbons (Fsp3) is 0.0714. The third-order valence-electron chi connectivity index (χ3n) is 2.60. The summed E-state index contributed by atoms with van der Waals surface area (Å²) in [6.07, 6.45) is 1.31. The molecule has 0 amide bonds. The fourth-order valence-electron chi connectivity index (χ4n) is 1.60. The Hall–Kier alpha value is -1.81. The summed E-state index contributed by atoms with van der Waals surface area (Å²) < 4.78 is 30.0. The molecule has 0 saturated carbocycles. The number of thiophene rings is 1. The monoisotopic (exact) mass is 339 g/mol. The molecule has 1 aromatic carbocycles. The number of nitrogens with zero attached hydrogens (tertiary/aromatic N) is 1. The van der Waals surface area contributed by atoms with Crippen LogP contribution < -0.4 is 4.74 Å². The second-order valence-electron chi connectivity index (χ2n) is 3.92. The number of sulfone groups is 1. The smallest absolute Gasteiger partial charge is 0.218 e. The molecule has 0 atom stereocenters. The first-order valence-electron chi connectivity index (χ1n) is 5.74. The van der Waals surface area contributed by atoms with E-state index in [1.165, 1.54) is 36.7 Å². The maximum absolute atomic E-state index is 12.5. The molecule has 2 rings (SSSR count). The summed E-state index contributed by atoms with van der Waals surface area (Å²) in [6.45, 7) is 0. The number of hydrogen-bond donors (Lipinski definition) is 0. The van der Waals surface area contributed by atoms with E-state index in [2.05, 4.69) is 0 Å². The van der Waals surface area contributed by atoms with E-state index < -0.39 is 9.84 Å². The minimum Gasteiger partial charge on any atom is -0.487 e. The summed E-state index contributed by atoms with van der Waals surface area (Å²) in [4.78, 5) is 0.169. The minimum absolute atomic E-state index is 0.0806. The zero-order valence-electron chi connectivity index (χ0n) is 10.9. The van der Waals surface area contributed by atoms with Crippen molar-refractivity contribution >= 4 is 38.9 Å². The molecule has 108 valence electrons. The van der Waals surface area contributed by atoms with Gasteiger partial charge in [-0.15, -0.1) is 0 Å². The van der Waals surface area contributed by atoms with E-state index in [0.717, 1.165) is 0 Å². The van der Waals surface area contributed by atoms with Crippen LogP contribution >= 0.6 is 22.9 Å². The molecule has 0 N–H and O–H groups in total. The predicted octanol–water partition coefficient (Wildman–Crippen LogP) is 3.75. The van der Waals surface area contributed by atoms with Crippen molar-refractivity contribution in [2.75, 3.05) is 7.11 Å². The van der Waals surface area contributed by atoms with Crippen LogP contribution in [-0.2, 0) is 9.84 Å². The van der Waals surface area contributed by atoms with Gasteiger partial charge in [-0.05, 0) is 30.3 Å². The van der Waals surface area contributed by atoms with Gasteiger partial charge in [0.05, 0.1) is 17.0 Å². The first kappa shape index (κ1) is 15.6. The number of methoxy groups -OCH3 is 1. The molecule has 7 heteroatoms. The standard InChI is InChI=1S/C14H10ClNO3S2/c1-19-14-7-6-10(20-14)8-11(9-16)21(17,18)13-5-3-2-4-12(13)15/h2-8H,1H3/b11-8-. The van der Waals surface area contributed by atoms with E-state index in [-0.39, 0.29) is 14.8 Å². The number of ether oxygens (including phenoxy) is 1. The van der Waals surface area contributed by atoms with Crippen LogP contribution in [-0.4, -0.2) is 15.5 Å². The highest BCUT2D eigenvalue weighted by atomic mass is 35.5. The van der Waals surface area contributed by atoms with E-state index in [4.69, 9.17) is 16.3 Å². The number of halogens is 1. The molecular formula is C14H10ClNO3S2. The fourth-order valence-corrected chi connectivity index (χ4v) is 4.10. The van der Waals surface area contributed by atoms with Crippen LogP contribution in [0.1, 0.15) is 4.88 Å². The van der Waals surface area contributed by atoms with Crippen molar-refractivity contribution in [1.82, 2.24) is 0 Å². The van der Waals surface area contributed by atoms with Gasteiger partial charge in [-0.2, -0.15) is 5.26 Å². The lowest BCUT2D eigenvalue weighted by Crippen LogP contribution is -2.04. The van der Waals surface area contributed by atoms with Crippen molar-refractivity contribution in [3.05, 3.63) is 51.2 Å². The number of rotatable bonds is 4. The van der Waals surface area contributed by atoms with Crippen molar-refractivity contribution in [1.29, 1.82) is 5.26 Å². The molecule has 0 radical (unpaired) electrons. The van der Waals surface area contributed by atoms with Gasteiger partial charge in [0.15, 0.2) is 9.97 Å². The van der Waals surface area contributed by atoms with Gasteiger partial charge >= 0.3 is 0 Å². The second-order valence-corrected chi connectivity index (χ2v) is 7.29. The zero-order chi connectivity index (χ0) is 15.5. The molecule has 0 fully saturated rings. The summed E-state index contributed by atoms with van der Waals surface area (Å²) in [5.41, 5.74) is 0. The Kier molecular flexibility index (Phi) is 4.68. The van der Waals surface area contributed by atoms with Gasteiger partial charge in [0, 0.05) is 4.88 Å². The molecule has 0 aliphatic carbocycles. The highest BCUT2D eigenvalue weighted by Gasteiger charge is 2.23. The van der Waals surface area contributed by atoms with Crippen LogP contribution in [0.15, 0.2) is 46.2 Å². The quantitative estimate of drug-likeness (QED) is 0.795. The molecule has 0 saturated heterocycles. The average Bonchev–Trinajstić information content (AvgIpc) is 2.92. The summed E-state index contributed by atoms with van der Waals surface area (Å²) in [7, 11) is -2.42. The SMILES string of the molecule is COc1ccc(/C=C(/C#N)S(=O)(=O)c2ccccc2Cl)s1. The highest BCUT2D eigenvalue weighted by Crippen LogP contribution is 2.30. The molecule has 0 aliphatic heterocycles. The molecule has 1 aromatic heterocycles. The summed E-state index contributed by atoms with van der Waals surface area (Å²) in [5.74, 6) is 0. The number of nitriles is 1. The van der Waals surface area contributed by atoms with Crippen LogP contribution in [0.5, 0.6) is 5.06 Å². The van der Waals surface area contributed by atoms with E-state index >= 15 is 0 Å². The van der Waals surface area contributed by atoms with Gasteiger partial charge in [-0.25, -0.2) is 8.42 Å². The number of allylic oxidation sites excluding steroid dienone is 1. The molecular weight excluding hydrogens is 330 g/mol. The average molecular weight is 340 g/mol. The van der Waals surface area contributed by atoms with E-state index in [9.17, 15) is 13.7 Å². The Morgan fingerprint density at radius 3 is 2.62 bits per heavy atom. The Balaban J connectivity index is 2.51. The second kappa shape index (κ2) is 6.31. The largest absolute Gasteiger partial charge is 0.487 e. The van der Waals surface area contributed by atoms with Crippen LogP contribution in [0.3, 0.4) is 0 Å². The molecule has 21 heavy (non-hydrogen) atoms. The van der Waals surface area contributed by atoms with Gasteiger partial charge in [-0.1, -0.05) is 35.1 Å². The van der Waals surface area contributed by atoms with Gasteiger partial charge in [-0.3, -0.25) is 0 Å². The van der Waals surface area contributed by atoms with Crippen LogP contribution in [0, 0.1) is 11.3 Å². The molecule has 0 spiro atoms. The Morgan fingerprint density at radius 2 is 2.05 bits per heavy atom. The highest BCUT2D eigenvalue weighted by molar-refractivity contribution is 7.95. The van der Waals surface area contributed by atoms with Crippen molar-refractivity contribution in [2.45, 2.75) is 4.90 Å². The van der Waals surface area contributed by atoms with E-state index in [0.29, 0.717) is 9.94 Å². The van der Waals surface area contributed by atoms with Gasteiger partial charge in [0.25, 0.3) is 0 Å². The Morgan fingerprint density at radius 1 is 1.33 bits per heavy atom. The molecule has 4 nitrogen and oxygen atoms in total. The lowest BCUT2D eigenvalue weighted by Gasteiger charge is -2.04. The Labute approximate surface area is 131 Å². The molecule has 2 aromatic rings. The maximum Gasteiger partial charge on any atom is 0.218 e. The van der Waals surface area contributed by atoms with Crippen molar-refractivity contribution < 1.29 is 13.2 Å². The van der Waals surface area contributed by atoms with Crippen LogP contribution in [0.2, 0.25) is 5.02 Å². The Bertz CT molecular complexity index is 832. The number of hydrogen-bond acceptors (Lipinski definition) is 5. The molecule has 0 aliphatic rings. The molecule has 0 unspecified atom stereocenters. The molecule has 0 bridgehead atoms. The minimum atomic E-state index is -3.94. The zero-order valence-corrected chi connectivity index (χ0v) is 13.3. The first-order valence-corrected chi connectivity index (χ1v) is 8.42. The predicted molar refractivity (Wildman–Crippen MR) is 83.1 cm³/mol. The van der Waals surface area contributed by atoms with Crippen molar-refractivity contribution in [3.8, 4) is 11.1 Å². The maximum atomic E-state index is 12.5. The van der Waals surface area contributed by atoms with Crippen molar-refractivity contribution in [2.24, 2.45) is 0 Å². The van der Waals surface area contributed by atoms with Gasteiger partial charge in [0.2, 0.25) is 9.84 Å². The normalized spacial score (nSPS) is 12.0.